The first-order valence-corrected chi connectivity index (χ1v) is 8.87. The van der Waals surface area contributed by atoms with Crippen molar-refractivity contribution in [3.63, 3.8) is 0 Å². The third-order valence-electron chi connectivity index (χ3n) is 4.46. The third-order valence-corrected chi connectivity index (χ3v) is 4.70. The molecule has 1 saturated heterocycles. The molecule has 1 aliphatic heterocycles. The molecule has 7 heteroatoms. The predicted molar refractivity (Wildman–Crippen MR) is 100 cm³/mol. The number of hydrogen-bond acceptors (Lipinski definition) is 5. The van der Waals surface area contributed by atoms with Crippen molar-refractivity contribution in [2.75, 3.05) is 44.2 Å². The van der Waals surface area contributed by atoms with E-state index in [0.29, 0.717) is 31.2 Å². The Labute approximate surface area is 152 Å². The van der Waals surface area contributed by atoms with Crippen LogP contribution < -0.4 is 10.2 Å². The zero-order chi connectivity index (χ0) is 17.8. The smallest absolute Gasteiger partial charge is 0.219 e. The Bertz CT molecular complexity index is 760. The maximum atomic E-state index is 11.5. The van der Waals surface area contributed by atoms with E-state index >= 15 is 0 Å². The minimum absolute atomic E-state index is 0.100. The Morgan fingerprint density at radius 1 is 1.28 bits per heavy atom. The number of carbonyl (C=O) groups is 1. The van der Waals surface area contributed by atoms with Crippen molar-refractivity contribution in [3.05, 3.63) is 34.9 Å². The number of amides is 1. The number of nitrogens with zero attached hydrogens (tertiary/aromatic N) is 3. The summed E-state index contributed by atoms with van der Waals surface area (Å²) in [4.78, 5) is 20.5. The molecule has 1 amide bonds. The third kappa shape index (κ3) is 4.21. The van der Waals surface area contributed by atoms with Gasteiger partial charge in [0.05, 0.1) is 12.1 Å². The van der Waals surface area contributed by atoms with Crippen LogP contribution in [0.25, 0.3) is 10.9 Å². The van der Waals surface area contributed by atoms with Crippen LogP contribution in [0.2, 0.25) is 5.02 Å². The van der Waals surface area contributed by atoms with E-state index in [9.17, 15) is 4.79 Å². The minimum Gasteiger partial charge on any atom is -0.395 e. The topological polar surface area (TPSA) is 68.7 Å². The van der Waals surface area contributed by atoms with E-state index in [4.69, 9.17) is 21.7 Å². The molecule has 6 nitrogen and oxygen atoms in total. The van der Waals surface area contributed by atoms with Gasteiger partial charge in [0, 0.05) is 62.2 Å². The van der Waals surface area contributed by atoms with Crippen LogP contribution >= 0.6 is 11.6 Å². The van der Waals surface area contributed by atoms with Crippen molar-refractivity contribution < 1.29 is 9.90 Å². The monoisotopic (exact) mass is 362 g/mol. The summed E-state index contributed by atoms with van der Waals surface area (Å²) in [5.74, 6) is 1.03. The molecule has 1 fully saturated rings. The second-order valence-electron chi connectivity index (χ2n) is 6.20. The summed E-state index contributed by atoms with van der Waals surface area (Å²) < 4.78 is 0. The number of pyridine rings is 1. The Morgan fingerprint density at radius 3 is 2.72 bits per heavy atom. The van der Waals surface area contributed by atoms with Gasteiger partial charge in [-0.1, -0.05) is 17.7 Å². The van der Waals surface area contributed by atoms with Crippen molar-refractivity contribution in [1.82, 2.24) is 15.2 Å². The molecular weight excluding hydrogens is 340 g/mol. The maximum Gasteiger partial charge on any atom is 0.219 e. The summed E-state index contributed by atoms with van der Waals surface area (Å²) in [6.45, 7) is 5.80. The lowest BCUT2D eigenvalue weighted by molar-refractivity contribution is -0.129. The second kappa shape index (κ2) is 7.99. The number of hydrogen-bond donors (Lipinski definition) is 2. The van der Waals surface area contributed by atoms with E-state index in [-0.39, 0.29) is 12.5 Å². The van der Waals surface area contributed by atoms with Crippen molar-refractivity contribution in [3.8, 4) is 0 Å². The van der Waals surface area contributed by atoms with Gasteiger partial charge in [0.1, 0.15) is 5.82 Å². The summed E-state index contributed by atoms with van der Waals surface area (Å²) in [6, 6.07) is 7.83. The number of benzene rings is 1. The standard InChI is InChI=1S/C18H23ClN4O2/c1-13(25)22-5-7-23(8-6-22)18-15(12-20-4-9-24)10-14-2-3-16(19)11-17(14)21-18/h2-3,10-11,20,24H,4-9,12H2,1H3. The number of aliphatic hydroxyl groups excluding tert-OH is 1. The van der Waals surface area contributed by atoms with Gasteiger partial charge in [0.2, 0.25) is 5.91 Å². The number of anilines is 1. The first kappa shape index (κ1) is 17.9. The molecule has 2 aromatic rings. The van der Waals surface area contributed by atoms with Crippen LogP contribution in [0.3, 0.4) is 0 Å². The number of aromatic nitrogens is 1. The maximum absolute atomic E-state index is 11.5. The molecule has 0 radical (unpaired) electrons. The first-order chi connectivity index (χ1) is 12.1. The zero-order valence-electron chi connectivity index (χ0n) is 14.3. The summed E-state index contributed by atoms with van der Waals surface area (Å²) in [6.07, 6.45) is 0. The van der Waals surface area contributed by atoms with E-state index in [1.165, 1.54) is 0 Å². The number of piperazine rings is 1. The first-order valence-electron chi connectivity index (χ1n) is 8.49. The van der Waals surface area contributed by atoms with Gasteiger partial charge in [-0.2, -0.15) is 0 Å². The molecule has 1 aliphatic rings. The van der Waals surface area contributed by atoms with Crippen LogP contribution in [0.15, 0.2) is 24.3 Å². The fraction of sp³-hybridized carbons (Fsp3) is 0.444. The van der Waals surface area contributed by atoms with Crippen molar-refractivity contribution in [2.45, 2.75) is 13.5 Å². The molecule has 134 valence electrons. The summed E-state index contributed by atoms with van der Waals surface area (Å²) in [5, 5.41) is 13.9. The van der Waals surface area contributed by atoms with Crippen LogP contribution in [0.1, 0.15) is 12.5 Å². The van der Waals surface area contributed by atoms with E-state index in [1.54, 1.807) is 6.92 Å². The van der Waals surface area contributed by atoms with Gasteiger partial charge in [0.15, 0.2) is 0 Å². The molecular formula is C18H23ClN4O2. The average molecular weight is 363 g/mol. The highest BCUT2D eigenvalue weighted by Crippen LogP contribution is 2.26. The Kier molecular flexibility index (Phi) is 5.73. The molecule has 25 heavy (non-hydrogen) atoms. The van der Waals surface area contributed by atoms with Gasteiger partial charge < -0.3 is 20.2 Å². The van der Waals surface area contributed by atoms with Crippen LogP contribution in [0.4, 0.5) is 5.82 Å². The number of halogens is 1. The minimum atomic E-state index is 0.100. The Morgan fingerprint density at radius 2 is 2.04 bits per heavy atom. The number of carbonyl (C=O) groups excluding carboxylic acids is 1. The fourth-order valence-corrected chi connectivity index (χ4v) is 3.28. The molecule has 0 unspecified atom stereocenters. The van der Waals surface area contributed by atoms with E-state index < -0.39 is 0 Å². The van der Waals surface area contributed by atoms with E-state index in [1.807, 2.05) is 23.1 Å². The highest BCUT2D eigenvalue weighted by Gasteiger charge is 2.22. The lowest BCUT2D eigenvalue weighted by Crippen LogP contribution is -2.48. The summed E-state index contributed by atoms with van der Waals surface area (Å²) in [7, 11) is 0. The Balaban J connectivity index is 1.90. The van der Waals surface area contributed by atoms with Gasteiger partial charge >= 0.3 is 0 Å². The zero-order valence-corrected chi connectivity index (χ0v) is 15.1. The number of aliphatic hydroxyl groups is 1. The van der Waals surface area contributed by atoms with Gasteiger partial charge in [-0.3, -0.25) is 4.79 Å². The van der Waals surface area contributed by atoms with E-state index in [0.717, 1.165) is 35.4 Å². The van der Waals surface area contributed by atoms with Crippen molar-refractivity contribution in [2.24, 2.45) is 0 Å². The lowest BCUT2D eigenvalue weighted by atomic mass is 10.1. The van der Waals surface area contributed by atoms with Gasteiger partial charge in [-0.15, -0.1) is 0 Å². The van der Waals surface area contributed by atoms with Gasteiger partial charge in [0.25, 0.3) is 0 Å². The van der Waals surface area contributed by atoms with Gasteiger partial charge in [-0.05, 0) is 18.2 Å². The molecule has 0 spiro atoms. The highest BCUT2D eigenvalue weighted by molar-refractivity contribution is 6.31. The normalized spacial score (nSPS) is 15.0. The molecule has 1 aromatic carbocycles. The SMILES string of the molecule is CC(=O)N1CCN(c2nc3cc(Cl)ccc3cc2CNCCO)CC1. The largest absolute Gasteiger partial charge is 0.395 e. The molecule has 2 N–H and O–H groups in total. The van der Waals surface area contributed by atoms with E-state index in [2.05, 4.69) is 16.3 Å². The summed E-state index contributed by atoms with van der Waals surface area (Å²) >= 11 is 6.12. The molecule has 3 rings (SSSR count). The molecule has 1 aromatic heterocycles. The van der Waals surface area contributed by atoms with Crippen LogP contribution in [0, 0.1) is 0 Å². The molecule has 0 bridgehead atoms. The number of nitrogens with one attached hydrogen (secondary N) is 1. The van der Waals surface area contributed by atoms with Crippen LogP contribution in [0.5, 0.6) is 0 Å². The van der Waals surface area contributed by atoms with Gasteiger partial charge in [-0.25, -0.2) is 4.98 Å². The molecule has 0 atom stereocenters. The number of rotatable bonds is 5. The van der Waals surface area contributed by atoms with Crippen LogP contribution in [-0.2, 0) is 11.3 Å². The predicted octanol–water partition coefficient (Wildman–Crippen LogP) is 1.64. The van der Waals surface area contributed by atoms with Crippen molar-refractivity contribution >= 4 is 34.2 Å². The molecule has 0 saturated carbocycles. The number of fused-ring (bicyclic) bond motifs is 1. The van der Waals surface area contributed by atoms with Crippen LogP contribution in [-0.4, -0.2) is 60.2 Å². The van der Waals surface area contributed by atoms with Crippen molar-refractivity contribution in [1.29, 1.82) is 0 Å². The average Bonchev–Trinajstić information content (AvgIpc) is 2.61. The molecule has 0 aliphatic carbocycles. The lowest BCUT2D eigenvalue weighted by Gasteiger charge is -2.36. The highest BCUT2D eigenvalue weighted by atomic mass is 35.5. The quantitative estimate of drug-likeness (QED) is 0.791. The fourth-order valence-electron chi connectivity index (χ4n) is 3.11. The second-order valence-corrected chi connectivity index (χ2v) is 6.64. The molecule has 2 heterocycles. The Hall–Kier alpha value is -1.89. The summed E-state index contributed by atoms with van der Waals surface area (Å²) in [5.41, 5.74) is 1.95.